The SMILES string of the molecule is COC(=O)c1sccc1NC(=O)CCOc1ccc(C)cc1C. The Labute approximate surface area is 139 Å². The predicted octanol–water partition coefficient (Wildman–Crippen LogP) is 3.56. The maximum atomic E-state index is 12.0. The third-order valence-corrected chi connectivity index (χ3v) is 4.12. The van der Waals surface area contributed by atoms with Gasteiger partial charge in [-0.25, -0.2) is 4.79 Å². The Kier molecular flexibility index (Phi) is 5.76. The van der Waals surface area contributed by atoms with Gasteiger partial charge in [0.1, 0.15) is 10.6 Å². The van der Waals surface area contributed by atoms with E-state index < -0.39 is 5.97 Å². The Morgan fingerprint density at radius 1 is 1.22 bits per heavy atom. The van der Waals surface area contributed by atoms with Gasteiger partial charge in [0, 0.05) is 0 Å². The summed E-state index contributed by atoms with van der Waals surface area (Å²) >= 11 is 1.23. The van der Waals surface area contributed by atoms with E-state index in [0.717, 1.165) is 11.3 Å². The summed E-state index contributed by atoms with van der Waals surface area (Å²) in [4.78, 5) is 23.9. The van der Waals surface area contributed by atoms with Crippen molar-refractivity contribution in [1.29, 1.82) is 0 Å². The van der Waals surface area contributed by atoms with Crippen LogP contribution in [0.1, 0.15) is 27.2 Å². The number of anilines is 1. The quantitative estimate of drug-likeness (QED) is 0.821. The van der Waals surface area contributed by atoms with Crippen molar-refractivity contribution >= 4 is 28.9 Å². The van der Waals surface area contributed by atoms with Crippen molar-refractivity contribution in [3.05, 3.63) is 45.6 Å². The number of nitrogens with one attached hydrogen (secondary N) is 1. The summed E-state index contributed by atoms with van der Waals surface area (Å²) in [5.41, 5.74) is 2.68. The van der Waals surface area contributed by atoms with Crippen molar-refractivity contribution in [3.63, 3.8) is 0 Å². The molecule has 0 bridgehead atoms. The van der Waals surface area contributed by atoms with Crippen LogP contribution in [0.4, 0.5) is 5.69 Å². The molecule has 0 saturated carbocycles. The van der Waals surface area contributed by atoms with Gasteiger partial charge in [0.05, 0.1) is 25.8 Å². The second-order valence-corrected chi connectivity index (χ2v) is 5.99. The van der Waals surface area contributed by atoms with Crippen molar-refractivity contribution in [2.45, 2.75) is 20.3 Å². The third kappa shape index (κ3) is 4.56. The van der Waals surface area contributed by atoms with Gasteiger partial charge in [0.15, 0.2) is 0 Å². The topological polar surface area (TPSA) is 64.6 Å². The summed E-state index contributed by atoms with van der Waals surface area (Å²) in [6.07, 6.45) is 0.198. The second-order valence-electron chi connectivity index (χ2n) is 5.07. The summed E-state index contributed by atoms with van der Waals surface area (Å²) in [7, 11) is 1.31. The molecule has 1 amide bonds. The molecule has 0 saturated heterocycles. The number of rotatable bonds is 6. The van der Waals surface area contributed by atoms with Gasteiger partial charge in [-0.15, -0.1) is 11.3 Å². The number of benzene rings is 1. The van der Waals surface area contributed by atoms with Crippen LogP contribution >= 0.6 is 11.3 Å². The number of thiophene rings is 1. The molecule has 0 atom stereocenters. The zero-order chi connectivity index (χ0) is 16.8. The molecular weight excluding hydrogens is 314 g/mol. The molecule has 0 radical (unpaired) electrons. The lowest BCUT2D eigenvalue weighted by atomic mass is 10.1. The fourth-order valence-electron chi connectivity index (χ4n) is 2.09. The first-order valence-corrected chi connectivity index (χ1v) is 8.05. The normalized spacial score (nSPS) is 10.2. The van der Waals surface area contributed by atoms with Crippen LogP contribution in [0.15, 0.2) is 29.6 Å². The standard InChI is InChI=1S/C17H19NO4S/c1-11-4-5-14(12(2)10-11)22-8-6-15(19)18-13-7-9-23-16(13)17(20)21-3/h4-5,7,9-10H,6,8H2,1-3H3,(H,18,19). The van der Waals surface area contributed by atoms with Crippen LogP contribution in [0.5, 0.6) is 5.75 Å². The van der Waals surface area contributed by atoms with E-state index in [0.29, 0.717) is 10.6 Å². The Morgan fingerprint density at radius 3 is 2.70 bits per heavy atom. The van der Waals surface area contributed by atoms with Gasteiger partial charge in [0.2, 0.25) is 5.91 Å². The summed E-state index contributed by atoms with van der Waals surface area (Å²) in [6.45, 7) is 4.26. The molecule has 6 heteroatoms. The van der Waals surface area contributed by atoms with Crippen LogP contribution in [0.3, 0.4) is 0 Å². The van der Waals surface area contributed by atoms with Gasteiger partial charge in [-0.3, -0.25) is 4.79 Å². The fourth-order valence-corrected chi connectivity index (χ4v) is 2.85. The van der Waals surface area contributed by atoms with Crippen molar-refractivity contribution in [2.75, 3.05) is 19.0 Å². The minimum atomic E-state index is -0.457. The number of methoxy groups -OCH3 is 1. The minimum Gasteiger partial charge on any atom is -0.493 e. The number of hydrogen-bond acceptors (Lipinski definition) is 5. The van der Waals surface area contributed by atoms with E-state index >= 15 is 0 Å². The smallest absolute Gasteiger partial charge is 0.350 e. The summed E-state index contributed by atoms with van der Waals surface area (Å²) < 4.78 is 10.3. The molecule has 0 aliphatic heterocycles. The van der Waals surface area contributed by atoms with Crippen LogP contribution in [-0.4, -0.2) is 25.6 Å². The number of ether oxygens (including phenoxy) is 2. The lowest BCUT2D eigenvalue weighted by molar-refractivity contribution is -0.116. The first-order chi connectivity index (χ1) is 11.0. The lowest BCUT2D eigenvalue weighted by Gasteiger charge is -2.10. The lowest BCUT2D eigenvalue weighted by Crippen LogP contribution is -2.16. The van der Waals surface area contributed by atoms with Gasteiger partial charge in [-0.2, -0.15) is 0 Å². The summed E-state index contributed by atoms with van der Waals surface area (Å²) in [5.74, 6) is 0.106. The average Bonchev–Trinajstić information content (AvgIpc) is 2.96. The second kappa shape index (κ2) is 7.78. The highest BCUT2D eigenvalue weighted by Crippen LogP contribution is 2.23. The number of hydrogen-bond donors (Lipinski definition) is 1. The third-order valence-electron chi connectivity index (χ3n) is 3.23. The van der Waals surface area contributed by atoms with E-state index in [1.54, 1.807) is 11.4 Å². The molecular formula is C17H19NO4S. The molecule has 0 aliphatic rings. The zero-order valence-electron chi connectivity index (χ0n) is 13.3. The number of carbonyl (C=O) groups excluding carboxylic acids is 2. The first-order valence-electron chi connectivity index (χ1n) is 7.17. The van der Waals surface area contributed by atoms with Gasteiger partial charge >= 0.3 is 5.97 Å². The van der Waals surface area contributed by atoms with Crippen LogP contribution in [-0.2, 0) is 9.53 Å². The molecule has 2 rings (SSSR count). The maximum absolute atomic E-state index is 12.0. The molecule has 122 valence electrons. The maximum Gasteiger partial charge on any atom is 0.350 e. The molecule has 1 N–H and O–H groups in total. The highest BCUT2D eigenvalue weighted by atomic mass is 32.1. The van der Waals surface area contributed by atoms with Gasteiger partial charge in [0.25, 0.3) is 0 Å². The molecule has 0 unspecified atom stereocenters. The van der Waals surface area contributed by atoms with E-state index in [-0.39, 0.29) is 18.9 Å². The van der Waals surface area contributed by atoms with Crippen LogP contribution in [0, 0.1) is 13.8 Å². The van der Waals surface area contributed by atoms with Crippen LogP contribution < -0.4 is 10.1 Å². The first kappa shape index (κ1) is 17.0. The molecule has 2 aromatic rings. The molecule has 0 aliphatic carbocycles. The monoisotopic (exact) mass is 333 g/mol. The number of amides is 1. The Morgan fingerprint density at radius 2 is 2.00 bits per heavy atom. The molecule has 0 spiro atoms. The predicted molar refractivity (Wildman–Crippen MR) is 90.3 cm³/mol. The molecule has 23 heavy (non-hydrogen) atoms. The number of aryl methyl sites for hydroxylation is 2. The van der Waals surface area contributed by atoms with E-state index in [4.69, 9.17) is 4.74 Å². The highest BCUT2D eigenvalue weighted by molar-refractivity contribution is 7.12. The van der Waals surface area contributed by atoms with Crippen molar-refractivity contribution < 1.29 is 19.1 Å². The van der Waals surface area contributed by atoms with Crippen molar-refractivity contribution in [1.82, 2.24) is 0 Å². The van der Waals surface area contributed by atoms with E-state index in [2.05, 4.69) is 10.1 Å². The molecule has 5 nitrogen and oxygen atoms in total. The number of carbonyl (C=O) groups is 2. The zero-order valence-corrected chi connectivity index (χ0v) is 14.2. The fraction of sp³-hybridized carbons (Fsp3) is 0.294. The number of esters is 1. The minimum absolute atomic E-state index is 0.198. The van der Waals surface area contributed by atoms with Gasteiger partial charge in [-0.1, -0.05) is 17.7 Å². The van der Waals surface area contributed by atoms with Crippen molar-refractivity contribution in [3.8, 4) is 5.75 Å². The van der Waals surface area contributed by atoms with E-state index in [9.17, 15) is 9.59 Å². The Hall–Kier alpha value is -2.34. The van der Waals surface area contributed by atoms with E-state index in [1.165, 1.54) is 24.0 Å². The summed E-state index contributed by atoms with van der Waals surface area (Å²) in [6, 6.07) is 7.58. The molecule has 1 heterocycles. The molecule has 1 aromatic heterocycles. The van der Waals surface area contributed by atoms with Crippen LogP contribution in [0.25, 0.3) is 0 Å². The Balaban J connectivity index is 1.86. The van der Waals surface area contributed by atoms with Gasteiger partial charge < -0.3 is 14.8 Å². The summed E-state index contributed by atoms with van der Waals surface area (Å²) in [5, 5.41) is 4.44. The molecule has 1 aromatic carbocycles. The Bertz CT molecular complexity index is 708. The molecule has 0 fully saturated rings. The van der Waals surface area contributed by atoms with Gasteiger partial charge in [-0.05, 0) is 36.9 Å². The van der Waals surface area contributed by atoms with Crippen LogP contribution in [0.2, 0.25) is 0 Å². The van der Waals surface area contributed by atoms with Crippen molar-refractivity contribution in [2.24, 2.45) is 0 Å². The largest absolute Gasteiger partial charge is 0.493 e. The highest BCUT2D eigenvalue weighted by Gasteiger charge is 2.15. The average molecular weight is 333 g/mol. The van der Waals surface area contributed by atoms with E-state index in [1.807, 2.05) is 32.0 Å².